The van der Waals surface area contributed by atoms with Crippen LogP contribution in [-0.4, -0.2) is 43.6 Å². The van der Waals surface area contributed by atoms with Crippen molar-refractivity contribution in [3.63, 3.8) is 0 Å². The fourth-order valence-corrected chi connectivity index (χ4v) is 2.60. The second-order valence-electron chi connectivity index (χ2n) is 4.44. The standard InChI is InChI=1S/C14H21NO3S/c1-10(2)15(8-9-18-3)11-6-5-7-12(19-4)13(11)14(16)17/h5-7,10H,8-9H2,1-4H3,(H,16,17). The average Bonchev–Trinajstić information content (AvgIpc) is 2.38. The summed E-state index contributed by atoms with van der Waals surface area (Å²) in [5.74, 6) is -0.886. The maximum atomic E-state index is 11.5. The van der Waals surface area contributed by atoms with Crippen molar-refractivity contribution in [3.05, 3.63) is 23.8 Å². The van der Waals surface area contributed by atoms with Crippen molar-refractivity contribution in [3.8, 4) is 0 Å². The van der Waals surface area contributed by atoms with Gasteiger partial charge in [-0.1, -0.05) is 6.07 Å². The highest BCUT2D eigenvalue weighted by Gasteiger charge is 2.21. The normalized spacial score (nSPS) is 10.8. The largest absolute Gasteiger partial charge is 0.478 e. The van der Waals surface area contributed by atoms with Crippen LogP contribution in [0.25, 0.3) is 0 Å². The second-order valence-corrected chi connectivity index (χ2v) is 5.29. The summed E-state index contributed by atoms with van der Waals surface area (Å²) in [6.07, 6.45) is 1.89. The van der Waals surface area contributed by atoms with Gasteiger partial charge < -0.3 is 14.7 Å². The molecule has 0 aromatic heterocycles. The zero-order valence-corrected chi connectivity index (χ0v) is 12.7. The summed E-state index contributed by atoms with van der Waals surface area (Å²) in [6.45, 7) is 5.34. The molecule has 0 spiro atoms. The van der Waals surface area contributed by atoms with E-state index >= 15 is 0 Å². The first kappa shape index (κ1) is 15.9. The lowest BCUT2D eigenvalue weighted by Gasteiger charge is -2.30. The number of carbonyl (C=O) groups is 1. The minimum atomic E-state index is -0.886. The Labute approximate surface area is 118 Å². The summed E-state index contributed by atoms with van der Waals surface area (Å²) in [6, 6.07) is 5.81. The third-order valence-corrected chi connectivity index (χ3v) is 3.69. The van der Waals surface area contributed by atoms with Gasteiger partial charge in [0.05, 0.1) is 17.9 Å². The van der Waals surface area contributed by atoms with Gasteiger partial charge in [-0.05, 0) is 32.2 Å². The summed E-state index contributed by atoms with van der Waals surface area (Å²) >= 11 is 1.45. The van der Waals surface area contributed by atoms with E-state index in [1.807, 2.05) is 38.3 Å². The van der Waals surface area contributed by atoms with Crippen molar-refractivity contribution in [1.82, 2.24) is 0 Å². The molecule has 0 aliphatic heterocycles. The number of ether oxygens (including phenoxy) is 1. The number of methoxy groups -OCH3 is 1. The van der Waals surface area contributed by atoms with E-state index in [-0.39, 0.29) is 6.04 Å². The van der Waals surface area contributed by atoms with E-state index in [1.165, 1.54) is 11.8 Å². The maximum absolute atomic E-state index is 11.5. The van der Waals surface area contributed by atoms with Crippen LogP contribution in [0.3, 0.4) is 0 Å². The van der Waals surface area contributed by atoms with Crippen LogP contribution in [0.1, 0.15) is 24.2 Å². The Morgan fingerprint density at radius 1 is 1.47 bits per heavy atom. The molecular weight excluding hydrogens is 262 g/mol. The number of anilines is 1. The molecule has 0 aliphatic carbocycles. The van der Waals surface area contributed by atoms with Gasteiger partial charge in [0.1, 0.15) is 0 Å². The topological polar surface area (TPSA) is 49.8 Å². The molecule has 0 saturated heterocycles. The number of aromatic carboxylic acids is 1. The number of thioether (sulfide) groups is 1. The van der Waals surface area contributed by atoms with E-state index in [4.69, 9.17) is 4.74 Å². The summed E-state index contributed by atoms with van der Waals surface area (Å²) in [4.78, 5) is 14.4. The Hall–Kier alpha value is -1.20. The summed E-state index contributed by atoms with van der Waals surface area (Å²) < 4.78 is 5.11. The SMILES string of the molecule is COCCN(c1cccc(SC)c1C(=O)O)C(C)C. The molecule has 1 rings (SSSR count). The molecule has 0 aliphatic rings. The Morgan fingerprint density at radius 2 is 2.16 bits per heavy atom. The Bertz CT molecular complexity index is 435. The van der Waals surface area contributed by atoms with Crippen LogP contribution in [-0.2, 0) is 4.74 Å². The first-order valence-electron chi connectivity index (χ1n) is 6.18. The minimum Gasteiger partial charge on any atom is -0.478 e. The summed E-state index contributed by atoms with van der Waals surface area (Å²) in [7, 11) is 1.65. The number of nitrogens with zero attached hydrogens (tertiary/aromatic N) is 1. The third kappa shape index (κ3) is 3.88. The van der Waals surface area contributed by atoms with Crippen molar-refractivity contribution in [2.45, 2.75) is 24.8 Å². The third-order valence-electron chi connectivity index (χ3n) is 2.91. The van der Waals surface area contributed by atoms with Crippen LogP contribution in [0.15, 0.2) is 23.1 Å². The number of carboxylic acids is 1. The highest BCUT2D eigenvalue weighted by Crippen LogP contribution is 2.30. The van der Waals surface area contributed by atoms with Gasteiger partial charge in [0, 0.05) is 24.6 Å². The molecule has 0 unspecified atom stereocenters. The molecule has 1 N–H and O–H groups in total. The zero-order valence-electron chi connectivity index (χ0n) is 11.8. The Morgan fingerprint density at radius 3 is 2.63 bits per heavy atom. The van der Waals surface area contributed by atoms with Crippen LogP contribution in [0.2, 0.25) is 0 Å². The monoisotopic (exact) mass is 283 g/mol. The molecule has 5 heteroatoms. The van der Waals surface area contributed by atoms with Crippen molar-refractivity contribution < 1.29 is 14.6 Å². The van der Waals surface area contributed by atoms with E-state index in [9.17, 15) is 9.90 Å². The second kappa shape index (κ2) is 7.40. The van der Waals surface area contributed by atoms with Gasteiger partial charge in [-0.3, -0.25) is 0 Å². The zero-order chi connectivity index (χ0) is 14.4. The molecule has 0 bridgehead atoms. The molecule has 106 valence electrons. The Kier molecular flexibility index (Phi) is 6.18. The summed E-state index contributed by atoms with van der Waals surface area (Å²) in [5.41, 5.74) is 1.13. The van der Waals surface area contributed by atoms with Gasteiger partial charge in [0.25, 0.3) is 0 Å². The van der Waals surface area contributed by atoms with E-state index in [0.29, 0.717) is 18.7 Å². The number of benzene rings is 1. The molecule has 0 radical (unpaired) electrons. The molecule has 0 atom stereocenters. The quantitative estimate of drug-likeness (QED) is 0.780. The van der Waals surface area contributed by atoms with Gasteiger partial charge >= 0.3 is 5.97 Å². The average molecular weight is 283 g/mol. The van der Waals surface area contributed by atoms with E-state index < -0.39 is 5.97 Å². The first-order valence-corrected chi connectivity index (χ1v) is 7.41. The fourth-order valence-electron chi connectivity index (χ4n) is 1.99. The lowest BCUT2D eigenvalue weighted by molar-refractivity contribution is 0.0693. The van der Waals surface area contributed by atoms with Gasteiger partial charge in [-0.25, -0.2) is 4.79 Å². The number of carboxylic acid groups (broad SMARTS) is 1. The van der Waals surface area contributed by atoms with Crippen molar-refractivity contribution in [2.24, 2.45) is 0 Å². The van der Waals surface area contributed by atoms with Gasteiger partial charge in [-0.15, -0.1) is 11.8 Å². The first-order chi connectivity index (χ1) is 9.02. The molecule has 0 saturated carbocycles. The highest BCUT2D eigenvalue weighted by molar-refractivity contribution is 7.98. The number of hydrogen-bond donors (Lipinski definition) is 1. The molecule has 0 fully saturated rings. The lowest BCUT2D eigenvalue weighted by atomic mass is 10.1. The van der Waals surface area contributed by atoms with Crippen molar-refractivity contribution in [1.29, 1.82) is 0 Å². The van der Waals surface area contributed by atoms with Gasteiger partial charge in [0.15, 0.2) is 0 Å². The van der Waals surface area contributed by atoms with Crippen LogP contribution in [0, 0.1) is 0 Å². The van der Waals surface area contributed by atoms with Crippen LogP contribution in [0.5, 0.6) is 0 Å². The summed E-state index contributed by atoms with van der Waals surface area (Å²) in [5, 5.41) is 9.46. The molecule has 1 aromatic carbocycles. The van der Waals surface area contributed by atoms with Gasteiger partial charge in [0.2, 0.25) is 0 Å². The molecule has 0 heterocycles. The molecule has 4 nitrogen and oxygen atoms in total. The maximum Gasteiger partial charge on any atom is 0.338 e. The molecular formula is C14H21NO3S. The van der Waals surface area contributed by atoms with Gasteiger partial charge in [-0.2, -0.15) is 0 Å². The highest BCUT2D eigenvalue weighted by atomic mass is 32.2. The predicted octanol–water partition coefficient (Wildman–Crippen LogP) is 2.97. The Balaban J connectivity index is 3.25. The van der Waals surface area contributed by atoms with E-state index in [2.05, 4.69) is 4.90 Å². The predicted molar refractivity (Wildman–Crippen MR) is 79.5 cm³/mol. The van der Waals surface area contributed by atoms with Crippen LogP contribution in [0.4, 0.5) is 5.69 Å². The van der Waals surface area contributed by atoms with Crippen molar-refractivity contribution >= 4 is 23.4 Å². The molecule has 0 amide bonds. The van der Waals surface area contributed by atoms with E-state index in [1.54, 1.807) is 7.11 Å². The minimum absolute atomic E-state index is 0.213. The number of rotatable bonds is 7. The van der Waals surface area contributed by atoms with Crippen molar-refractivity contribution in [2.75, 3.05) is 31.4 Å². The van der Waals surface area contributed by atoms with E-state index in [0.717, 1.165) is 10.6 Å². The number of hydrogen-bond acceptors (Lipinski definition) is 4. The molecule has 1 aromatic rings. The fraction of sp³-hybridized carbons (Fsp3) is 0.500. The van der Waals surface area contributed by atoms with Crippen LogP contribution < -0.4 is 4.90 Å². The smallest absolute Gasteiger partial charge is 0.338 e. The van der Waals surface area contributed by atoms with Crippen LogP contribution >= 0.6 is 11.8 Å². The lowest BCUT2D eigenvalue weighted by Crippen LogP contribution is -2.35. The molecule has 19 heavy (non-hydrogen) atoms.